The molecule has 0 aliphatic heterocycles. The van der Waals surface area contributed by atoms with Crippen LogP contribution in [0.3, 0.4) is 0 Å². The fraction of sp³-hybridized carbons (Fsp3) is 0.276. The summed E-state index contributed by atoms with van der Waals surface area (Å²) in [6.45, 7) is 3.83. The van der Waals surface area contributed by atoms with Crippen LogP contribution in [0, 0.1) is 5.92 Å². The first-order valence-electron chi connectivity index (χ1n) is 11.9. The average molecular weight is 489 g/mol. The molecule has 2 atom stereocenters. The van der Waals surface area contributed by atoms with E-state index >= 15 is 0 Å². The first-order chi connectivity index (χ1) is 17.4. The van der Waals surface area contributed by atoms with Crippen molar-refractivity contribution in [2.75, 3.05) is 0 Å². The smallest absolute Gasteiger partial charge is 0.408 e. The van der Waals surface area contributed by atoms with Crippen molar-refractivity contribution < 1.29 is 23.9 Å². The number of ether oxygens (including phenoxy) is 2. The van der Waals surface area contributed by atoms with Crippen molar-refractivity contribution in [1.29, 1.82) is 0 Å². The highest BCUT2D eigenvalue weighted by molar-refractivity contribution is 5.90. The van der Waals surface area contributed by atoms with Crippen molar-refractivity contribution >= 4 is 18.0 Å². The first kappa shape index (κ1) is 26.5. The molecule has 0 fully saturated rings. The maximum absolute atomic E-state index is 13.3. The Hall–Kier alpha value is -4.13. The number of alkyl carbamates (subject to hydrolysis) is 1. The Balaban J connectivity index is 1.65. The number of nitrogens with one attached hydrogen (secondary N) is 2. The number of hydrogen-bond donors (Lipinski definition) is 2. The van der Waals surface area contributed by atoms with Gasteiger partial charge in [0.15, 0.2) is 0 Å². The van der Waals surface area contributed by atoms with E-state index in [-0.39, 0.29) is 25.6 Å². The highest BCUT2D eigenvalue weighted by Crippen LogP contribution is 2.10. The SMILES string of the molecule is CC(C)[C@H](NC(=O)[C@H](Cc1ccccc1)NC(=O)OCc1ccccc1)C(=O)OCc1ccccc1. The highest BCUT2D eigenvalue weighted by Gasteiger charge is 2.30. The molecule has 0 heterocycles. The third-order valence-corrected chi connectivity index (χ3v) is 5.55. The standard InChI is InChI=1S/C29H32N2O5/c1-21(2)26(28(33)35-19-23-14-8-4-9-15-23)31-27(32)25(18-22-12-6-3-7-13-22)30-29(34)36-20-24-16-10-5-11-17-24/h3-17,21,25-26H,18-20H2,1-2H3,(H,30,34)(H,31,32)/t25-,26-/m0/s1. The predicted octanol–water partition coefficient (Wildman–Crippen LogP) is 4.41. The van der Waals surface area contributed by atoms with E-state index in [2.05, 4.69) is 10.6 Å². The lowest BCUT2D eigenvalue weighted by atomic mass is 10.0. The maximum atomic E-state index is 13.3. The van der Waals surface area contributed by atoms with Gasteiger partial charge >= 0.3 is 12.1 Å². The van der Waals surface area contributed by atoms with Gasteiger partial charge < -0.3 is 20.1 Å². The molecule has 0 unspecified atom stereocenters. The van der Waals surface area contributed by atoms with Gasteiger partial charge in [0.1, 0.15) is 25.3 Å². The number of benzene rings is 3. The van der Waals surface area contributed by atoms with Crippen molar-refractivity contribution in [2.24, 2.45) is 5.92 Å². The van der Waals surface area contributed by atoms with Crippen LogP contribution < -0.4 is 10.6 Å². The summed E-state index contributed by atoms with van der Waals surface area (Å²) in [6.07, 6.45) is -0.487. The molecule has 0 saturated heterocycles. The zero-order chi connectivity index (χ0) is 25.8. The summed E-state index contributed by atoms with van der Waals surface area (Å²) in [5.74, 6) is -1.25. The molecule has 36 heavy (non-hydrogen) atoms. The summed E-state index contributed by atoms with van der Waals surface area (Å²) in [4.78, 5) is 38.6. The predicted molar refractivity (Wildman–Crippen MR) is 137 cm³/mol. The van der Waals surface area contributed by atoms with Gasteiger partial charge in [-0.25, -0.2) is 9.59 Å². The molecule has 7 nitrogen and oxygen atoms in total. The molecule has 0 aliphatic rings. The van der Waals surface area contributed by atoms with Gasteiger partial charge in [-0.2, -0.15) is 0 Å². The van der Waals surface area contributed by atoms with E-state index in [9.17, 15) is 14.4 Å². The first-order valence-corrected chi connectivity index (χ1v) is 11.9. The zero-order valence-electron chi connectivity index (χ0n) is 20.6. The average Bonchev–Trinajstić information content (AvgIpc) is 2.90. The van der Waals surface area contributed by atoms with Crippen molar-refractivity contribution in [3.63, 3.8) is 0 Å². The molecular formula is C29H32N2O5. The van der Waals surface area contributed by atoms with E-state index < -0.39 is 30.1 Å². The molecule has 0 spiro atoms. The Bertz CT molecular complexity index is 1100. The van der Waals surface area contributed by atoms with E-state index in [1.165, 1.54) is 0 Å². The quantitative estimate of drug-likeness (QED) is 0.390. The monoisotopic (exact) mass is 488 g/mol. The van der Waals surface area contributed by atoms with Crippen LogP contribution in [-0.2, 0) is 38.7 Å². The van der Waals surface area contributed by atoms with Gasteiger partial charge in [-0.3, -0.25) is 4.79 Å². The summed E-state index contributed by atoms with van der Waals surface area (Å²) in [6, 6.07) is 26.1. The summed E-state index contributed by atoms with van der Waals surface area (Å²) < 4.78 is 10.8. The Morgan fingerprint density at radius 1 is 0.667 bits per heavy atom. The number of esters is 1. The third kappa shape index (κ3) is 8.58. The van der Waals surface area contributed by atoms with Crippen LogP contribution in [0.25, 0.3) is 0 Å². The minimum absolute atomic E-state index is 0.0762. The molecule has 0 aromatic heterocycles. The Labute approximate surface area is 211 Å². The molecule has 188 valence electrons. The number of carbonyl (C=O) groups is 3. The Morgan fingerprint density at radius 2 is 1.14 bits per heavy atom. The molecule has 0 saturated carbocycles. The second kappa shape index (κ2) is 13.7. The van der Waals surface area contributed by atoms with Gasteiger partial charge in [-0.15, -0.1) is 0 Å². The molecule has 3 aromatic carbocycles. The fourth-order valence-corrected chi connectivity index (χ4v) is 3.54. The van der Waals surface area contributed by atoms with Gasteiger partial charge in [0.2, 0.25) is 5.91 Å². The second-order valence-corrected chi connectivity index (χ2v) is 8.77. The van der Waals surface area contributed by atoms with Gasteiger partial charge in [-0.1, -0.05) is 105 Å². The van der Waals surface area contributed by atoms with Crippen LogP contribution in [0.2, 0.25) is 0 Å². The normalized spacial score (nSPS) is 12.3. The number of rotatable bonds is 11. The molecule has 0 aliphatic carbocycles. The van der Waals surface area contributed by atoms with Crippen LogP contribution in [-0.4, -0.2) is 30.1 Å². The van der Waals surface area contributed by atoms with Crippen LogP contribution in [0.15, 0.2) is 91.0 Å². The molecule has 0 radical (unpaired) electrons. The summed E-state index contributed by atoms with van der Waals surface area (Å²) >= 11 is 0. The van der Waals surface area contributed by atoms with Crippen molar-refractivity contribution in [3.05, 3.63) is 108 Å². The molecule has 2 amide bonds. The Morgan fingerprint density at radius 3 is 1.64 bits per heavy atom. The second-order valence-electron chi connectivity index (χ2n) is 8.77. The topological polar surface area (TPSA) is 93.7 Å². The molecule has 0 bridgehead atoms. The van der Waals surface area contributed by atoms with Gasteiger partial charge in [-0.05, 0) is 22.6 Å². The fourth-order valence-electron chi connectivity index (χ4n) is 3.54. The van der Waals surface area contributed by atoms with Gasteiger partial charge in [0, 0.05) is 6.42 Å². The summed E-state index contributed by atoms with van der Waals surface area (Å²) in [7, 11) is 0. The third-order valence-electron chi connectivity index (χ3n) is 5.55. The lowest BCUT2D eigenvalue weighted by molar-refractivity contribution is -0.150. The van der Waals surface area contributed by atoms with Crippen molar-refractivity contribution in [3.8, 4) is 0 Å². The zero-order valence-corrected chi connectivity index (χ0v) is 20.6. The lowest BCUT2D eigenvalue weighted by Crippen LogP contribution is -2.54. The van der Waals surface area contributed by atoms with Crippen LogP contribution in [0.4, 0.5) is 4.79 Å². The van der Waals surface area contributed by atoms with E-state index in [1.54, 1.807) is 0 Å². The van der Waals surface area contributed by atoms with E-state index in [0.29, 0.717) is 0 Å². The minimum Gasteiger partial charge on any atom is -0.459 e. The van der Waals surface area contributed by atoms with E-state index in [0.717, 1.165) is 16.7 Å². The van der Waals surface area contributed by atoms with Crippen LogP contribution >= 0.6 is 0 Å². The van der Waals surface area contributed by atoms with Gasteiger partial charge in [0.25, 0.3) is 0 Å². The molecular weight excluding hydrogens is 456 g/mol. The molecule has 3 aromatic rings. The Kier molecular flexibility index (Phi) is 10.1. The van der Waals surface area contributed by atoms with Crippen molar-refractivity contribution in [1.82, 2.24) is 10.6 Å². The van der Waals surface area contributed by atoms with Gasteiger partial charge in [0.05, 0.1) is 0 Å². The van der Waals surface area contributed by atoms with Crippen molar-refractivity contribution in [2.45, 2.75) is 45.6 Å². The van der Waals surface area contributed by atoms with Crippen LogP contribution in [0.5, 0.6) is 0 Å². The molecule has 2 N–H and O–H groups in total. The summed E-state index contributed by atoms with van der Waals surface area (Å²) in [5.41, 5.74) is 2.54. The van der Waals surface area contributed by atoms with E-state index in [4.69, 9.17) is 9.47 Å². The highest BCUT2D eigenvalue weighted by atomic mass is 16.5. The lowest BCUT2D eigenvalue weighted by Gasteiger charge is -2.24. The number of amides is 2. The van der Waals surface area contributed by atoms with E-state index in [1.807, 2.05) is 105 Å². The number of carbonyl (C=O) groups excluding carboxylic acids is 3. The van der Waals surface area contributed by atoms with Crippen LogP contribution in [0.1, 0.15) is 30.5 Å². The number of hydrogen-bond acceptors (Lipinski definition) is 5. The largest absolute Gasteiger partial charge is 0.459 e. The maximum Gasteiger partial charge on any atom is 0.408 e. The minimum atomic E-state index is -0.946. The molecule has 3 rings (SSSR count). The summed E-state index contributed by atoms with van der Waals surface area (Å²) in [5, 5.41) is 5.42. The molecule has 7 heteroatoms.